The van der Waals surface area contributed by atoms with E-state index in [0.717, 1.165) is 31.6 Å². The van der Waals surface area contributed by atoms with Gasteiger partial charge in [0, 0.05) is 32.1 Å². The van der Waals surface area contributed by atoms with Crippen molar-refractivity contribution in [2.75, 3.05) is 19.8 Å². The predicted octanol–water partition coefficient (Wildman–Crippen LogP) is 4.32. The lowest BCUT2D eigenvalue weighted by molar-refractivity contribution is 0.0729. The fraction of sp³-hybridized carbons (Fsp3) is 0.600. The van der Waals surface area contributed by atoms with E-state index in [0.29, 0.717) is 19.8 Å². The van der Waals surface area contributed by atoms with Crippen LogP contribution in [-0.2, 0) is 13.3 Å². The average Bonchev–Trinajstić information content (AvgIpc) is 2.48. The molecule has 120 valence electrons. The highest BCUT2D eigenvalue weighted by Gasteiger charge is 2.46. The Kier molecular flexibility index (Phi) is 9.94. The van der Waals surface area contributed by atoms with Gasteiger partial charge in [-0.1, -0.05) is 26.8 Å². The van der Waals surface area contributed by atoms with E-state index >= 15 is 0 Å². The first kappa shape index (κ1) is 19.8. The molecule has 6 heteroatoms. The molecule has 0 aliphatic heterocycles. The molecule has 0 bridgehead atoms. The predicted molar refractivity (Wildman–Crippen MR) is 106 cm³/mol. The first-order chi connectivity index (χ1) is 10.1. The first-order valence-corrected chi connectivity index (χ1v) is 11.4. The Labute approximate surface area is 156 Å². The number of benzene rings is 1. The maximum Gasteiger partial charge on any atom is 0.539 e. The molecule has 0 fully saturated rings. The monoisotopic (exact) mass is 534 g/mol. The van der Waals surface area contributed by atoms with Crippen molar-refractivity contribution in [2.24, 2.45) is 0 Å². The van der Waals surface area contributed by atoms with Crippen LogP contribution in [0.4, 0.5) is 0 Å². The first-order valence-electron chi connectivity index (χ1n) is 7.47. The summed E-state index contributed by atoms with van der Waals surface area (Å²) >= 11 is 4.71. The van der Waals surface area contributed by atoms with E-state index in [2.05, 4.69) is 84.2 Å². The molecule has 0 saturated heterocycles. The third-order valence-electron chi connectivity index (χ3n) is 2.76. The van der Waals surface area contributed by atoms with Crippen LogP contribution in [0.2, 0.25) is 0 Å². The number of rotatable bonds is 10. The zero-order valence-electron chi connectivity index (χ0n) is 13.0. The van der Waals surface area contributed by atoms with Gasteiger partial charge in [-0.15, -0.1) is 0 Å². The normalized spacial score (nSPS) is 11.9. The van der Waals surface area contributed by atoms with Crippen molar-refractivity contribution in [3.05, 3.63) is 25.3 Å². The molecule has 0 N–H and O–H groups in total. The zero-order chi connectivity index (χ0) is 15.7. The van der Waals surface area contributed by atoms with Crippen molar-refractivity contribution in [1.82, 2.24) is 0 Å². The van der Waals surface area contributed by atoms with E-state index in [1.54, 1.807) is 0 Å². The van der Waals surface area contributed by atoms with Crippen molar-refractivity contribution in [3.63, 3.8) is 0 Å². The SMILES string of the molecule is CCCO[Si](OCCC)(OCCC)c1c(I)cccc1I. The molecule has 0 radical (unpaired) electrons. The van der Waals surface area contributed by atoms with Gasteiger partial charge in [0.2, 0.25) is 0 Å². The molecule has 0 spiro atoms. The van der Waals surface area contributed by atoms with Crippen molar-refractivity contribution >= 4 is 59.2 Å². The van der Waals surface area contributed by atoms with Gasteiger partial charge in [0.05, 0.1) is 0 Å². The molecule has 0 atom stereocenters. The van der Waals surface area contributed by atoms with Crippen molar-refractivity contribution in [1.29, 1.82) is 0 Å². The molecule has 1 rings (SSSR count). The van der Waals surface area contributed by atoms with E-state index in [1.807, 2.05) is 0 Å². The highest BCUT2D eigenvalue weighted by atomic mass is 127. The molecule has 0 aliphatic carbocycles. The van der Waals surface area contributed by atoms with Crippen LogP contribution in [0.1, 0.15) is 40.0 Å². The van der Waals surface area contributed by atoms with Crippen LogP contribution < -0.4 is 5.19 Å². The van der Waals surface area contributed by atoms with Gasteiger partial charge >= 0.3 is 8.80 Å². The Hall–Kier alpha value is 0.777. The third kappa shape index (κ3) is 5.72. The van der Waals surface area contributed by atoms with Crippen LogP contribution >= 0.6 is 45.2 Å². The van der Waals surface area contributed by atoms with E-state index in [9.17, 15) is 0 Å². The van der Waals surface area contributed by atoms with E-state index in [4.69, 9.17) is 13.3 Å². The van der Waals surface area contributed by atoms with Gasteiger partial charge in [-0.25, -0.2) is 0 Å². The van der Waals surface area contributed by atoms with Crippen LogP contribution in [0, 0.1) is 7.14 Å². The summed E-state index contributed by atoms with van der Waals surface area (Å²) < 4.78 is 21.0. The average molecular weight is 534 g/mol. The van der Waals surface area contributed by atoms with Crippen molar-refractivity contribution < 1.29 is 13.3 Å². The third-order valence-corrected chi connectivity index (χ3v) is 8.48. The summed E-state index contributed by atoms with van der Waals surface area (Å²) in [6.45, 7) is 8.33. The topological polar surface area (TPSA) is 27.7 Å². The molecule has 1 aromatic rings. The molecular formula is C15H24I2O3Si. The molecule has 0 aliphatic rings. The van der Waals surface area contributed by atoms with Gasteiger partial charge < -0.3 is 13.3 Å². The Balaban J connectivity index is 3.23. The lowest BCUT2D eigenvalue weighted by Crippen LogP contribution is -2.59. The molecule has 3 nitrogen and oxygen atoms in total. The molecule has 0 amide bonds. The second-order valence-electron chi connectivity index (χ2n) is 4.70. The fourth-order valence-corrected chi connectivity index (χ4v) is 8.19. The highest BCUT2D eigenvalue weighted by Crippen LogP contribution is 2.20. The summed E-state index contributed by atoms with van der Waals surface area (Å²) in [7, 11) is -2.84. The number of hydrogen-bond acceptors (Lipinski definition) is 3. The van der Waals surface area contributed by atoms with Crippen LogP contribution in [0.5, 0.6) is 0 Å². The largest absolute Gasteiger partial charge is 0.539 e. The number of halogens is 2. The minimum Gasteiger partial charge on any atom is -0.370 e. The summed E-state index contributed by atoms with van der Waals surface area (Å²) in [6, 6.07) is 6.26. The minimum atomic E-state index is -2.84. The van der Waals surface area contributed by atoms with Crippen LogP contribution in [-0.4, -0.2) is 28.6 Å². The van der Waals surface area contributed by atoms with Gasteiger partial charge in [0.15, 0.2) is 0 Å². The quantitative estimate of drug-likeness (QED) is 0.331. The Morgan fingerprint density at radius 3 is 1.52 bits per heavy atom. The molecule has 1 aromatic carbocycles. The van der Waals surface area contributed by atoms with Gasteiger partial charge in [0.25, 0.3) is 0 Å². The molecule has 0 saturated carbocycles. The van der Waals surface area contributed by atoms with Gasteiger partial charge in [-0.05, 0) is 76.6 Å². The van der Waals surface area contributed by atoms with E-state index in [-0.39, 0.29) is 0 Å². The summed E-state index contributed by atoms with van der Waals surface area (Å²) in [4.78, 5) is 0. The van der Waals surface area contributed by atoms with Crippen LogP contribution in [0.25, 0.3) is 0 Å². The Morgan fingerprint density at radius 1 is 0.810 bits per heavy atom. The summed E-state index contributed by atoms with van der Waals surface area (Å²) in [5.41, 5.74) is 0. The molecular weight excluding hydrogens is 510 g/mol. The van der Waals surface area contributed by atoms with E-state index in [1.165, 1.54) is 0 Å². The Bertz CT molecular complexity index is 387. The standard InChI is InChI=1S/C15H24I2O3Si/c1-4-10-18-21(19-11-5-2,20-12-6-3)15-13(16)8-7-9-14(15)17/h7-9H,4-6,10-12H2,1-3H3. The number of hydrogen-bond donors (Lipinski definition) is 0. The molecule has 0 heterocycles. The Morgan fingerprint density at radius 2 is 1.19 bits per heavy atom. The smallest absolute Gasteiger partial charge is 0.370 e. The maximum absolute atomic E-state index is 6.22. The van der Waals surface area contributed by atoms with E-state index < -0.39 is 8.80 Å². The van der Waals surface area contributed by atoms with Crippen molar-refractivity contribution in [3.8, 4) is 0 Å². The van der Waals surface area contributed by atoms with Gasteiger partial charge in [0.1, 0.15) is 0 Å². The fourth-order valence-electron chi connectivity index (χ4n) is 1.84. The van der Waals surface area contributed by atoms with Gasteiger partial charge in [-0.2, -0.15) is 0 Å². The van der Waals surface area contributed by atoms with Crippen molar-refractivity contribution in [2.45, 2.75) is 40.0 Å². The summed E-state index contributed by atoms with van der Waals surface area (Å²) in [5.74, 6) is 0. The van der Waals surface area contributed by atoms with Crippen LogP contribution in [0.3, 0.4) is 0 Å². The van der Waals surface area contributed by atoms with Crippen LogP contribution in [0.15, 0.2) is 18.2 Å². The zero-order valence-corrected chi connectivity index (χ0v) is 18.3. The molecule has 0 aromatic heterocycles. The second-order valence-corrected chi connectivity index (χ2v) is 9.50. The lowest BCUT2D eigenvalue weighted by Gasteiger charge is -2.31. The highest BCUT2D eigenvalue weighted by molar-refractivity contribution is 14.1. The minimum absolute atomic E-state index is 0.667. The maximum atomic E-state index is 6.22. The summed E-state index contributed by atoms with van der Waals surface area (Å²) in [6.07, 6.45) is 2.87. The lowest BCUT2D eigenvalue weighted by atomic mass is 10.4. The summed E-state index contributed by atoms with van der Waals surface area (Å²) in [5, 5.41) is 1.13. The van der Waals surface area contributed by atoms with Gasteiger partial charge in [-0.3, -0.25) is 0 Å². The molecule has 21 heavy (non-hydrogen) atoms. The second kappa shape index (κ2) is 10.5. The molecule has 0 unspecified atom stereocenters.